The lowest BCUT2D eigenvalue weighted by Gasteiger charge is -2.09. The zero-order valence-electron chi connectivity index (χ0n) is 24.4. The molecule has 42 heavy (non-hydrogen) atoms. The smallest absolute Gasteiger partial charge is 0.251 e. The maximum Gasteiger partial charge on any atom is 0.251 e. The fourth-order valence-corrected chi connectivity index (χ4v) is 4.83. The average molecular weight is 577 g/mol. The van der Waals surface area contributed by atoms with Crippen molar-refractivity contribution in [3.8, 4) is 22.8 Å². The van der Waals surface area contributed by atoms with Gasteiger partial charge in [0.2, 0.25) is 11.8 Å². The Labute approximate surface area is 245 Å². The molecule has 3 amide bonds. The van der Waals surface area contributed by atoms with Crippen LogP contribution in [0.4, 0.5) is 11.5 Å². The van der Waals surface area contributed by atoms with Crippen LogP contribution in [0.2, 0.25) is 0 Å². The Morgan fingerprint density at radius 2 is 1.50 bits per heavy atom. The number of hydrogen-bond acceptors (Lipinski definition) is 6. The molecule has 224 valence electrons. The highest BCUT2D eigenvalue weighted by molar-refractivity contribution is 6.05. The quantitative estimate of drug-likeness (QED) is 0.107. The van der Waals surface area contributed by atoms with Crippen molar-refractivity contribution >= 4 is 40.0 Å². The summed E-state index contributed by atoms with van der Waals surface area (Å²) < 4.78 is 10.9. The van der Waals surface area contributed by atoms with E-state index in [0.29, 0.717) is 43.1 Å². The summed E-state index contributed by atoms with van der Waals surface area (Å²) in [6, 6.07) is 13.3. The molecule has 2 aliphatic rings. The van der Waals surface area contributed by atoms with Gasteiger partial charge >= 0.3 is 0 Å². The van der Waals surface area contributed by atoms with Gasteiger partial charge in [-0.2, -0.15) is 0 Å². The van der Waals surface area contributed by atoms with Gasteiger partial charge in [-0.05, 0) is 67.5 Å². The average Bonchev–Trinajstić information content (AvgIpc) is 3.54. The van der Waals surface area contributed by atoms with Crippen LogP contribution in [0.15, 0.2) is 42.5 Å². The van der Waals surface area contributed by atoms with Gasteiger partial charge < -0.3 is 30.7 Å². The van der Waals surface area contributed by atoms with Crippen LogP contribution in [-0.4, -0.2) is 61.8 Å². The third-order valence-corrected chi connectivity index (χ3v) is 7.04. The SMILES string of the molecule is COc1cc2cc3c(Nc4cccc(C(=O)NCCCCCC(=O)NCCCCNC(C)=O)c4)[nH][nH]c-3c2cc1OC. The number of unbranched alkanes of at least 4 members (excludes halogenated alkanes) is 3. The molecule has 0 spiro atoms. The highest BCUT2D eigenvalue weighted by Crippen LogP contribution is 2.42. The molecule has 1 aliphatic carbocycles. The van der Waals surface area contributed by atoms with E-state index in [4.69, 9.17) is 9.47 Å². The van der Waals surface area contributed by atoms with Crippen LogP contribution in [0.5, 0.6) is 11.5 Å². The van der Waals surface area contributed by atoms with E-state index in [-0.39, 0.29) is 17.7 Å². The number of aromatic amines is 2. The van der Waals surface area contributed by atoms with Crippen LogP contribution in [-0.2, 0) is 9.59 Å². The third-order valence-electron chi connectivity index (χ3n) is 7.04. The Morgan fingerprint density at radius 3 is 2.26 bits per heavy atom. The van der Waals surface area contributed by atoms with Crippen molar-refractivity contribution in [3.05, 3.63) is 48.0 Å². The summed E-state index contributed by atoms with van der Waals surface area (Å²) in [5.74, 6) is 1.97. The van der Waals surface area contributed by atoms with Gasteiger partial charge in [0, 0.05) is 55.2 Å². The van der Waals surface area contributed by atoms with Gasteiger partial charge in [0.25, 0.3) is 5.91 Å². The van der Waals surface area contributed by atoms with E-state index >= 15 is 0 Å². The van der Waals surface area contributed by atoms with Crippen molar-refractivity contribution in [2.75, 3.05) is 39.2 Å². The Hall–Kier alpha value is -4.67. The van der Waals surface area contributed by atoms with Crippen LogP contribution in [0, 0.1) is 0 Å². The predicted molar refractivity (Wildman–Crippen MR) is 164 cm³/mol. The van der Waals surface area contributed by atoms with E-state index in [0.717, 1.165) is 65.6 Å². The van der Waals surface area contributed by atoms with Crippen LogP contribution in [0.25, 0.3) is 22.0 Å². The first kappa shape index (κ1) is 30.3. The van der Waals surface area contributed by atoms with E-state index in [1.165, 1.54) is 6.92 Å². The first-order valence-electron chi connectivity index (χ1n) is 14.3. The molecule has 4 rings (SSSR count). The molecule has 0 fully saturated rings. The minimum Gasteiger partial charge on any atom is -0.493 e. The topological polar surface area (TPSA) is 149 Å². The Kier molecular flexibility index (Phi) is 10.7. The fraction of sp³-hybridized carbons (Fsp3) is 0.387. The van der Waals surface area contributed by atoms with Crippen molar-refractivity contribution in [1.82, 2.24) is 26.1 Å². The molecule has 0 radical (unpaired) electrons. The fourth-order valence-electron chi connectivity index (χ4n) is 4.83. The van der Waals surface area contributed by atoms with E-state index in [9.17, 15) is 14.4 Å². The molecule has 11 nitrogen and oxygen atoms in total. The van der Waals surface area contributed by atoms with E-state index in [2.05, 4.69) is 37.5 Å². The lowest BCUT2D eigenvalue weighted by molar-refractivity contribution is -0.121. The highest BCUT2D eigenvalue weighted by atomic mass is 16.5. The second kappa shape index (κ2) is 14.8. The van der Waals surface area contributed by atoms with Crippen LogP contribution >= 0.6 is 0 Å². The summed E-state index contributed by atoms with van der Waals surface area (Å²) in [5.41, 5.74) is 3.26. The summed E-state index contributed by atoms with van der Waals surface area (Å²) in [4.78, 5) is 35.5. The number of hydrogen-bond donors (Lipinski definition) is 6. The number of fused-ring (bicyclic) bond motifs is 3. The Balaban J connectivity index is 1.20. The van der Waals surface area contributed by atoms with Crippen molar-refractivity contribution in [2.45, 2.75) is 45.4 Å². The van der Waals surface area contributed by atoms with Gasteiger partial charge in [0.05, 0.1) is 19.9 Å². The monoisotopic (exact) mass is 576 g/mol. The summed E-state index contributed by atoms with van der Waals surface area (Å²) >= 11 is 0. The van der Waals surface area contributed by atoms with E-state index < -0.39 is 0 Å². The summed E-state index contributed by atoms with van der Waals surface area (Å²) in [7, 11) is 3.23. The van der Waals surface area contributed by atoms with Crippen molar-refractivity contribution in [2.24, 2.45) is 0 Å². The first-order valence-corrected chi connectivity index (χ1v) is 14.3. The summed E-state index contributed by atoms with van der Waals surface area (Å²) in [6.45, 7) is 3.28. The standard InChI is InChI=1S/C31H40N6O5/c1-20(38)32-13-7-8-14-33-28(39)12-5-4-6-15-34-31(40)21-10-9-11-23(16-21)35-30-25-17-22-18-26(41-2)27(42-3)19-24(22)29(25)36-37-30/h9-11,16-19,35-37H,4-8,12-15H2,1-3H3,(H,32,38)(H,33,39)(H,34,40). The molecular weight excluding hydrogens is 536 g/mol. The van der Waals surface area contributed by atoms with E-state index in [1.807, 2.05) is 30.3 Å². The second-order valence-electron chi connectivity index (χ2n) is 10.2. The first-order chi connectivity index (χ1) is 20.4. The molecule has 2 aromatic carbocycles. The van der Waals surface area contributed by atoms with Gasteiger partial charge in [0.15, 0.2) is 11.5 Å². The van der Waals surface area contributed by atoms with Crippen LogP contribution in [0.3, 0.4) is 0 Å². The van der Waals surface area contributed by atoms with Crippen LogP contribution < -0.4 is 30.7 Å². The minimum atomic E-state index is -0.142. The van der Waals surface area contributed by atoms with Crippen LogP contribution in [0.1, 0.15) is 55.8 Å². The molecule has 1 aliphatic heterocycles. The molecule has 11 heteroatoms. The number of carbonyl (C=O) groups excluding carboxylic acids is 3. The lowest BCUT2D eigenvalue weighted by Crippen LogP contribution is -2.26. The second-order valence-corrected chi connectivity index (χ2v) is 10.2. The number of amides is 3. The van der Waals surface area contributed by atoms with Gasteiger partial charge in [0.1, 0.15) is 5.82 Å². The van der Waals surface area contributed by atoms with Crippen molar-refractivity contribution in [3.63, 3.8) is 0 Å². The van der Waals surface area contributed by atoms with Gasteiger partial charge in [-0.1, -0.05) is 12.5 Å². The zero-order valence-corrected chi connectivity index (χ0v) is 24.4. The molecule has 0 atom stereocenters. The number of rotatable bonds is 16. The molecule has 0 aromatic heterocycles. The number of anilines is 2. The normalized spacial score (nSPS) is 10.9. The molecule has 1 heterocycles. The number of carbonyl (C=O) groups is 3. The summed E-state index contributed by atoms with van der Waals surface area (Å²) in [5, 5.41) is 20.4. The highest BCUT2D eigenvalue weighted by Gasteiger charge is 2.19. The predicted octanol–water partition coefficient (Wildman–Crippen LogP) is 4.68. The van der Waals surface area contributed by atoms with Gasteiger partial charge in [-0.25, -0.2) is 0 Å². The molecule has 0 unspecified atom stereocenters. The molecular formula is C31H40N6O5. The number of methoxy groups -OCH3 is 2. The molecule has 0 bridgehead atoms. The molecule has 6 N–H and O–H groups in total. The maximum atomic E-state index is 12.8. The largest absolute Gasteiger partial charge is 0.493 e. The molecule has 2 aromatic rings. The molecule has 0 saturated carbocycles. The number of benzene rings is 2. The molecule has 0 saturated heterocycles. The van der Waals surface area contributed by atoms with E-state index in [1.54, 1.807) is 20.3 Å². The maximum absolute atomic E-state index is 12.8. The Morgan fingerprint density at radius 1 is 0.786 bits per heavy atom. The number of nitrogens with one attached hydrogen (secondary N) is 6. The van der Waals surface area contributed by atoms with Gasteiger partial charge in [-0.3, -0.25) is 24.6 Å². The summed E-state index contributed by atoms with van der Waals surface area (Å²) in [6.07, 6.45) is 4.55. The number of ether oxygens (including phenoxy) is 2. The zero-order chi connectivity index (χ0) is 29.9. The van der Waals surface area contributed by atoms with Gasteiger partial charge in [-0.15, -0.1) is 0 Å². The number of aromatic nitrogens is 2. The van der Waals surface area contributed by atoms with Crippen molar-refractivity contribution in [1.29, 1.82) is 0 Å². The Bertz CT molecular complexity index is 1480. The van der Waals surface area contributed by atoms with Crippen molar-refractivity contribution < 1.29 is 23.9 Å². The lowest BCUT2D eigenvalue weighted by atomic mass is 10.1. The third kappa shape index (κ3) is 7.96. The minimum absolute atomic E-state index is 0.0362. The number of H-pyrrole nitrogens is 2.